The van der Waals surface area contributed by atoms with Gasteiger partial charge in [-0.3, -0.25) is 9.59 Å². The van der Waals surface area contributed by atoms with Crippen LogP contribution >= 0.6 is 0 Å². The molecule has 0 saturated carbocycles. The molecule has 6 heteroatoms. The molecule has 0 fully saturated rings. The van der Waals surface area contributed by atoms with E-state index in [0.717, 1.165) is 11.0 Å². The van der Waals surface area contributed by atoms with Crippen molar-refractivity contribution in [1.82, 2.24) is 5.32 Å². The fourth-order valence-corrected chi connectivity index (χ4v) is 1.15. The molecule has 1 N–H and O–H groups in total. The number of likely N-dealkylation sites (N-methyl/N-ethyl adjacent to an activating group) is 1. The topological polar surface area (TPSA) is 73.2 Å². The van der Waals surface area contributed by atoms with Gasteiger partial charge in [0.1, 0.15) is 12.4 Å². The first kappa shape index (κ1) is 12.6. The van der Waals surface area contributed by atoms with E-state index in [0.29, 0.717) is 0 Å². The summed E-state index contributed by atoms with van der Waals surface area (Å²) in [6.45, 7) is -0.248. The third-order valence-electron chi connectivity index (χ3n) is 2.02. The highest BCUT2D eigenvalue weighted by atomic mass is 19.1. The predicted molar refractivity (Wildman–Crippen MR) is 58.4 cm³/mol. The Hall–Kier alpha value is -2.42. The number of anilines is 1. The molecule has 88 valence electrons. The van der Waals surface area contributed by atoms with Crippen LogP contribution in [0.1, 0.15) is 0 Å². The van der Waals surface area contributed by atoms with Crippen LogP contribution in [0, 0.1) is 17.1 Å². The second kappa shape index (κ2) is 5.61. The first-order chi connectivity index (χ1) is 8.06. The molecule has 5 nitrogen and oxygen atoms in total. The van der Waals surface area contributed by atoms with E-state index < -0.39 is 17.6 Å². The predicted octanol–water partition coefficient (Wildman–Crippen LogP) is 0.428. The lowest BCUT2D eigenvalue weighted by molar-refractivity contribution is -0.137. The quantitative estimate of drug-likeness (QED) is 0.596. The number of hydrogen-bond donors (Lipinski definition) is 1. The zero-order chi connectivity index (χ0) is 12.8. The Morgan fingerprint density at radius 2 is 2.24 bits per heavy atom. The number of hydrogen-bond acceptors (Lipinski definition) is 3. The van der Waals surface area contributed by atoms with Gasteiger partial charge in [0.2, 0.25) is 0 Å². The van der Waals surface area contributed by atoms with E-state index >= 15 is 0 Å². The molecule has 0 aliphatic heterocycles. The van der Waals surface area contributed by atoms with Crippen LogP contribution in [0.4, 0.5) is 10.1 Å². The molecular weight excluding hydrogens is 225 g/mol. The van der Waals surface area contributed by atoms with Crippen molar-refractivity contribution in [3.05, 3.63) is 30.1 Å². The lowest BCUT2D eigenvalue weighted by Gasteiger charge is -2.16. The number of nitrogens with one attached hydrogen (secondary N) is 1. The van der Waals surface area contributed by atoms with Crippen LogP contribution in [0.25, 0.3) is 0 Å². The molecule has 0 atom stereocenters. The number of halogens is 1. The van der Waals surface area contributed by atoms with Gasteiger partial charge in [0.05, 0.1) is 6.07 Å². The van der Waals surface area contributed by atoms with Crippen molar-refractivity contribution in [3.8, 4) is 6.07 Å². The summed E-state index contributed by atoms with van der Waals surface area (Å²) in [5.41, 5.74) is 0.266. The maximum absolute atomic E-state index is 12.9. The Kier molecular flexibility index (Phi) is 4.17. The molecule has 0 bridgehead atoms. The van der Waals surface area contributed by atoms with Gasteiger partial charge in [-0.1, -0.05) is 6.07 Å². The Balaban J connectivity index is 2.77. The molecule has 0 aliphatic carbocycles. The molecule has 1 rings (SSSR count). The largest absolute Gasteiger partial charge is 0.335 e. The van der Waals surface area contributed by atoms with Crippen molar-refractivity contribution >= 4 is 17.5 Å². The fraction of sp³-hybridized carbons (Fsp3) is 0.182. The van der Waals surface area contributed by atoms with E-state index in [9.17, 15) is 14.0 Å². The van der Waals surface area contributed by atoms with Crippen molar-refractivity contribution in [2.45, 2.75) is 0 Å². The van der Waals surface area contributed by atoms with Gasteiger partial charge in [0.25, 0.3) is 0 Å². The van der Waals surface area contributed by atoms with Crippen LogP contribution in [0.3, 0.4) is 0 Å². The van der Waals surface area contributed by atoms with Crippen LogP contribution in [-0.4, -0.2) is 25.4 Å². The first-order valence-electron chi connectivity index (χ1n) is 4.74. The van der Waals surface area contributed by atoms with E-state index in [1.807, 2.05) is 0 Å². The first-order valence-corrected chi connectivity index (χ1v) is 4.74. The lowest BCUT2D eigenvalue weighted by Crippen LogP contribution is -2.41. The van der Waals surface area contributed by atoms with Gasteiger partial charge < -0.3 is 10.2 Å². The molecule has 0 spiro atoms. The normalized spacial score (nSPS) is 9.24. The second-order valence-corrected chi connectivity index (χ2v) is 3.18. The van der Waals surface area contributed by atoms with E-state index in [4.69, 9.17) is 5.26 Å². The van der Waals surface area contributed by atoms with Crippen molar-refractivity contribution in [2.75, 3.05) is 18.5 Å². The molecule has 2 amide bonds. The Bertz CT molecular complexity index is 482. The van der Waals surface area contributed by atoms with Crippen LogP contribution in [0.2, 0.25) is 0 Å². The van der Waals surface area contributed by atoms with Gasteiger partial charge in [-0.2, -0.15) is 5.26 Å². The third-order valence-corrected chi connectivity index (χ3v) is 2.02. The van der Waals surface area contributed by atoms with Gasteiger partial charge in [-0.05, 0) is 18.2 Å². The summed E-state index contributed by atoms with van der Waals surface area (Å²) in [4.78, 5) is 23.8. The number of benzene rings is 1. The molecule has 0 aliphatic rings. The zero-order valence-electron chi connectivity index (χ0n) is 9.11. The van der Waals surface area contributed by atoms with E-state index in [2.05, 4.69) is 5.32 Å². The van der Waals surface area contributed by atoms with Crippen molar-refractivity contribution < 1.29 is 14.0 Å². The summed E-state index contributed by atoms with van der Waals surface area (Å²) in [6.07, 6.45) is 0. The molecule has 1 aromatic carbocycles. The maximum Gasteiger partial charge on any atom is 0.316 e. The van der Waals surface area contributed by atoms with Crippen molar-refractivity contribution in [2.24, 2.45) is 0 Å². The van der Waals surface area contributed by atoms with Crippen LogP contribution < -0.4 is 10.2 Å². The van der Waals surface area contributed by atoms with Gasteiger partial charge in [-0.25, -0.2) is 4.39 Å². The van der Waals surface area contributed by atoms with E-state index in [1.54, 1.807) is 6.07 Å². The molecule has 0 unspecified atom stereocenters. The number of nitriles is 1. The molecule has 1 aromatic rings. The highest BCUT2D eigenvalue weighted by molar-refractivity contribution is 6.40. The summed E-state index contributed by atoms with van der Waals surface area (Å²) < 4.78 is 12.9. The monoisotopic (exact) mass is 235 g/mol. The second-order valence-electron chi connectivity index (χ2n) is 3.18. The van der Waals surface area contributed by atoms with Gasteiger partial charge in [-0.15, -0.1) is 0 Å². The number of rotatable bonds is 2. The highest BCUT2D eigenvalue weighted by Crippen LogP contribution is 2.13. The average molecular weight is 235 g/mol. The average Bonchev–Trinajstić information content (AvgIpc) is 2.34. The molecular formula is C11H10FN3O2. The number of amides is 2. The molecule has 0 radical (unpaired) electrons. The minimum absolute atomic E-state index is 0.248. The zero-order valence-corrected chi connectivity index (χ0v) is 9.11. The molecule has 0 heterocycles. The number of nitrogens with zero attached hydrogens (tertiary/aromatic N) is 2. The van der Waals surface area contributed by atoms with E-state index in [-0.39, 0.29) is 12.2 Å². The summed E-state index contributed by atoms with van der Waals surface area (Å²) >= 11 is 0. The smallest absolute Gasteiger partial charge is 0.316 e. The fourth-order valence-electron chi connectivity index (χ4n) is 1.15. The highest BCUT2D eigenvalue weighted by Gasteiger charge is 2.19. The minimum atomic E-state index is -0.904. The Labute approximate surface area is 97.4 Å². The SMILES string of the molecule is CN(C(=O)C(=O)NCC#N)c1cccc(F)c1. The summed E-state index contributed by atoms with van der Waals surface area (Å²) in [5.74, 6) is -2.26. The standard InChI is InChI=1S/C11H10FN3O2/c1-15(9-4-2-3-8(12)7-9)11(17)10(16)14-6-5-13/h2-4,7H,6H2,1H3,(H,14,16). The number of carbonyl (C=O) groups excluding carboxylic acids is 2. The molecule has 0 aromatic heterocycles. The lowest BCUT2D eigenvalue weighted by atomic mass is 10.3. The van der Waals surface area contributed by atoms with Crippen LogP contribution in [-0.2, 0) is 9.59 Å². The van der Waals surface area contributed by atoms with Crippen molar-refractivity contribution in [1.29, 1.82) is 5.26 Å². The van der Waals surface area contributed by atoms with Gasteiger partial charge in [0, 0.05) is 12.7 Å². The summed E-state index contributed by atoms with van der Waals surface area (Å²) in [5, 5.41) is 10.4. The molecule has 17 heavy (non-hydrogen) atoms. The number of carbonyl (C=O) groups is 2. The minimum Gasteiger partial charge on any atom is -0.335 e. The summed E-state index contributed by atoms with van der Waals surface area (Å²) in [7, 11) is 1.35. The summed E-state index contributed by atoms with van der Waals surface area (Å²) in [6, 6.07) is 6.98. The molecule has 0 saturated heterocycles. The third kappa shape index (κ3) is 3.28. The van der Waals surface area contributed by atoms with E-state index in [1.165, 1.54) is 25.2 Å². The Morgan fingerprint density at radius 3 is 2.82 bits per heavy atom. The van der Waals surface area contributed by atoms with Gasteiger partial charge >= 0.3 is 11.8 Å². The van der Waals surface area contributed by atoms with Crippen LogP contribution in [0.15, 0.2) is 24.3 Å². The maximum atomic E-state index is 12.9. The Morgan fingerprint density at radius 1 is 1.53 bits per heavy atom. The van der Waals surface area contributed by atoms with Crippen LogP contribution in [0.5, 0.6) is 0 Å². The van der Waals surface area contributed by atoms with Gasteiger partial charge in [0.15, 0.2) is 0 Å². The van der Waals surface area contributed by atoms with Crippen molar-refractivity contribution in [3.63, 3.8) is 0 Å².